The second-order valence-electron chi connectivity index (χ2n) is 7.15. The fourth-order valence-corrected chi connectivity index (χ4v) is 3.94. The first-order valence-corrected chi connectivity index (χ1v) is 7.44. The van der Waals surface area contributed by atoms with E-state index in [9.17, 15) is 4.79 Å². The van der Waals surface area contributed by atoms with Crippen molar-refractivity contribution in [3.8, 4) is 0 Å². The Morgan fingerprint density at radius 2 is 2.30 bits per heavy atom. The molecule has 0 aromatic rings. The molecule has 2 aliphatic carbocycles. The summed E-state index contributed by atoms with van der Waals surface area (Å²) in [6, 6.07) is 0. The molecule has 3 rings (SSSR count). The zero-order valence-electron chi connectivity index (χ0n) is 12.6. The van der Waals surface area contributed by atoms with E-state index >= 15 is 0 Å². The SMILES string of the molecule is C=C1CC=CC=C1C(C)(C)NC(=O)C1C2CNCC21C. The molecule has 2 N–H and O–H groups in total. The molecule has 0 radical (unpaired) electrons. The van der Waals surface area contributed by atoms with Gasteiger partial charge in [0, 0.05) is 12.5 Å². The van der Waals surface area contributed by atoms with Gasteiger partial charge in [-0.05, 0) is 49.3 Å². The van der Waals surface area contributed by atoms with Crippen LogP contribution in [0.15, 0.2) is 36.0 Å². The Bertz CT molecular complexity index is 529. The first-order valence-electron chi connectivity index (χ1n) is 7.44. The van der Waals surface area contributed by atoms with Gasteiger partial charge in [0.05, 0.1) is 5.54 Å². The van der Waals surface area contributed by atoms with Gasteiger partial charge in [-0.15, -0.1) is 0 Å². The van der Waals surface area contributed by atoms with Crippen molar-refractivity contribution in [2.45, 2.75) is 32.7 Å². The van der Waals surface area contributed by atoms with Gasteiger partial charge in [-0.2, -0.15) is 0 Å². The summed E-state index contributed by atoms with van der Waals surface area (Å²) in [5, 5.41) is 6.61. The topological polar surface area (TPSA) is 41.1 Å². The van der Waals surface area contributed by atoms with E-state index in [1.165, 1.54) is 0 Å². The number of nitrogens with one attached hydrogen (secondary N) is 2. The highest BCUT2D eigenvalue weighted by Gasteiger charge is 2.67. The number of piperidine rings is 1. The second kappa shape index (κ2) is 4.32. The Hall–Kier alpha value is -1.35. The molecule has 3 nitrogen and oxygen atoms in total. The molecule has 1 amide bonds. The second-order valence-corrected chi connectivity index (χ2v) is 7.15. The third-order valence-electron chi connectivity index (χ3n) is 5.26. The molecule has 20 heavy (non-hydrogen) atoms. The fourth-order valence-electron chi connectivity index (χ4n) is 3.94. The Kier molecular flexibility index (Phi) is 2.94. The van der Waals surface area contributed by atoms with Gasteiger partial charge in [-0.25, -0.2) is 0 Å². The van der Waals surface area contributed by atoms with Crippen LogP contribution in [0.2, 0.25) is 0 Å². The molecular formula is C17H24N2O. The van der Waals surface area contributed by atoms with Gasteiger partial charge < -0.3 is 10.6 Å². The molecule has 3 atom stereocenters. The lowest BCUT2D eigenvalue weighted by Gasteiger charge is -2.32. The normalized spacial score (nSPS) is 35.5. The number of rotatable bonds is 3. The van der Waals surface area contributed by atoms with Crippen molar-refractivity contribution < 1.29 is 4.79 Å². The molecule has 1 aliphatic heterocycles. The molecule has 1 saturated carbocycles. The summed E-state index contributed by atoms with van der Waals surface area (Å²) < 4.78 is 0. The maximum absolute atomic E-state index is 12.6. The Morgan fingerprint density at radius 3 is 2.90 bits per heavy atom. The summed E-state index contributed by atoms with van der Waals surface area (Å²) in [4.78, 5) is 12.6. The quantitative estimate of drug-likeness (QED) is 0.827. The number of carbonyl (C=O) groups is 1. The zero-order chi connectivity index (χ0) is 14.5. The molecule has 0 aromatic carbocycles. The summed E-state index contributed by atoms with van der Waals surface area (Å²) in [7, 11) is 0. The average Bonchev–Trinajstić information content (AvgIpc) is 2.76. The lowest BCUT2D eigenvalue weighted by Crippen LogP contribution is -2.47. The smallest absolute Gasteiger partial charge is 0.224 e. The van der Waals surface area contributed by atoms with Crippen molar-refractivity contribution >= 4 is 5.91 Å². The molecule has 3 heteroatoms. The van der Waals surface area contributed by atoms with E-state index in [2.05, 4.69) is 56.2 Å². The van der Waals surface area contributed by atoms with Crippen LogP contribution < -0.4 is 10.6 Å². The van der Waals surface area contributed by atoms with Gasteiger partial charge >= 0.3 is 0 Å². The summed E-state index contributed by atoms with van der Waals surface area (Å²) in [6.45, 7) is 12.4. The van der Waals surface area contributed by atoms with E-state index in [1.54, 1.807) is 0 Å². The van der Waals surface area contributed by atoms with Crippen LogP contribution in [0.5, 0.6) is 0 Å². The van der Waals surface area contributed by atoms with E-state index in [0.717, 1.165) is 30.7 Å². The molecule has 0 bridgehead atoms. The maximum atomic E-state index is 12.6. The molecular weight excluding hydrogens is 248 g/mol. The molecule has 1 heterocycles. The van der Waals surface area contributed by atoms with Crippen molar-refractivity contribution in [2.75, 3.05) is 13.1 Å². The largest absolute Gasteiger partial charge is 0.347 e. The molecule has 1 saturated heterocycles. The first-order chi connectivity index (χ1) is 9.36. The van der Waals surface area contributed by atoms with Crippen LogP contribution in [0.4, 0.5) is 0 Å². The van der Waals surface area contributed by atoms with Crippen LogP contribution in [0.3, 0.4) is 0 Å². The molecule has 2 fully saturated rings. The van der Waals surface area contributed by atoms with E-state index in [4.69, 9.17) is 0 Å². The van der Waals surface area contributed by atoms with Gasteiger partial charge in [0.1, 0.15) is 0 Å². The Morgan fingerprint density at radius 1 is 1.55 bits per heavy atom. The van der Waals surface area contributed by atoms with E-state index in [0.29, 0.717) is 5.92 Å². The van der Waals surface area contributed by atoms with Crippen LogP contribution >= 0.6 is 0 Å². The number of hydrogen-bond acceptors (Lipinski definition) is 2. The minimum atomic E-state index is -0.348. The predicted octanol–water partition coefficient (Wildman–Crippen LogP) is 2.18. The minimum absolute atomic E-state index is 0.177. The van der Waals surface area contributed by atoms with Crippen LogP contribution in [-0.4, -0.2) is 24.5 Å². The lowest BCUT2D eigenvalue weighted by molar-refractivity contribution is -0.124. The van der Waals surface area contributed by atoms with Gasteiger partial charge in [-0.1, -0.05) is 31.7 Å². The van der Waals surface area contributed by atoms with Crippen molar-refractivity contribution in [2.24, 2.45) is 17.3 Å². The molecule has 0 aromatic heterocycles. The zero-order valence-corrected chi connectivity index (χ0v) is 12.6. The van der Waals surface area contributed by atoms with Crippen molar-refractivity contribution in [3.05, 3.63) is 36.0 Å². The van der Waals surface area contributed by atoms with E-state index < -0.39 is 0 Å². The minimum Gasteiger partial charge on any atom is -0.347 e. The lowest BCUT2D eigenvalue weighted by atomic mass is 9.84. The van der Waals surface area contributed by atoms with Crippen LogP contribution in [0, 0.1) is 17.3 Å². The molecule has 0 spiro atoms. The number of fused-ring (bicyclic) bond motifs is 1. The van der Waals surface area contributed by atoms with Gasteiger partial charge in [0.15, 0.2) is 0 Å². The average molecular weight is 272 g/mol. The van der Waals surface area contributed by atoms with Gasteiger partial charge in [0.2, 0.25) is 5.91 Å². The Balaban J connectivity index is 1.71. The van der Waals surface area contributed by atoms with Crippen molar-refractivity contribution in [1.29, 1.82) is 0 Å². The van der Waals surface area contributed by atoms with Crippen molar-refractivity contribution in [1.82, 2.24) is 10.6 Å². The number of amides is 1. The molecule has 3 aliphatic rings. The third kappa shape index (κ3) is 1.96. The predicted molar refractivity (Wildman–Crippen MR) is 81.2 cm³/mol. The van der Waals surface area contributed by atoms with Crippen molar-refractivity contribution in [3.63, 3.8) is 0 Å². The van der Waals surface area contributed by atoms with E-state index in [-0.39, 0.29) is 22.8 Å². The highest BCUT2D eigenvalue weighted by Crippen LogP contribution is 2.60. The number of carbonyl (C=O) groups excluding carboxylic acids is 1. The molecule has 108 valence electrons. The maximum Gasteiger partial charge on any atom is 0.224 e. The fraction of sp³-hybridized carbons (Fsp3) is 0.588. The summed E-state index contributed by atoms with van der Waals surface area (Å²) in [5.41, 5.74) is 2.07. The molecule has 3 unspecified atom stereocenters. The number of allylic oxidation sites excluding steroid dienone is 3. The monoisotopic (exact) mass is 272 g/mol. The van der Waals surface area contributed by atoms with Crippen LogP contribution in [-0.2, 0) is 4.79 Å². The highest BCUT2D eigenvalue weighted by atomic mass is 16.2. The third-order valence-corrected chi connectivity index (χ3v) is 5.26. The standard InChI is InChI=1S/C17H24N2O/c1-11-7-5-6-8-12(11)16(2,3)19-15(20)14-13-9-18-10-17(13,14)4/h5-6,8,13-14,18H,1,7,9-10H2,2-4H3,(H,19,20). The first kappa shape index (κ1) is 13.6. The Labute approximate surface area is 121 Å². The van der Waals surface area contributed by atoms with Gasteiger partial charge in [-0.3, -0.25) is 4.79 Å². The summed E-state index contributed by atoms with van der Waals surface area (Å²) in [6.07, 6.45) is 7.10. The summed E-state index contributed by atoms with van der Waals surface area (Å²) in [5.74, 6) is 0.894. The van der Waals surface area contributed by atoms with E-state index in [1.807, 2.05) is 0 Å². The highest BCUT2D eigenvalue weighted by molar-refractivity contribution is 5.85. The van der Waals surface area contributed by atoms with Crippen LogP contribution in [0.1, 0.15) is 27.2 Å². The van der Waals surface area contributed by atoms with Gasteiger partial charge in [0.25, 0.3) is 0 Å². The summed E-state index contributed by atoms with van der Waals surface area (Å²) >= 11 is 0. The number of hydrogen-bond donors (Lipinski definition) is 2. The van der Waals surface area contributed by atoms with Crippen LogP contribution in [0.25, 0.3) is 0 Å².